The van der Waals surface area contributed by atoms with E-state index in [4.69, 9.17) is 0 Å². The molecule has 2 heterocycles. The average Bonchev–Trinajstić information content (AvgIpc) is 3.13. The van der Waals surface area contributed by atoms with Crippen molar-refractivity contribution in [2.24, 2.45) is 5.10 Å². The van der Waals surface area contributed by atoms with Gasteiger partial charge in [-0.25, -0.2) is 4.98 Å². The van der Waals surface area contributed by atoms with Crippen LogP contribution in [0.2, 0.25) is 0 Å². The Morgan fingerprint density at radius 3 is 2.74 bits per heavy atom. The average molecular weight is 346 g/mol. The van der Waals surface area contributed by atoms with Crippen molar-refractivity contribution in [2.75, 3.05) is 5.01 Å². The topological polar surface area (TPSA) is 88.7 Å². The highest BCUT2D eigenvalue weighted by Crippen LogP contribution is 2.29. The van der Waals surface area contributed by atoms with Crippen molar-refractivity contribution < 1.29 is 9.72 Å². The van der Waals surface area contributed by atoms with E-state index in [9.17, 15) is 14.9 Å². The monoisotopic (exact) mass is 346 g/mol. The molecule has 0 radical (unpaired) electrons. The van der Waals surface area contributed by atoms with Gasteiger partial charge in [-0.2, -0.15) is 10.1 Å². The number of aromatic nitrogens is 1. The number of nitro groups is 1. The summed E-state index contributed by atoms with van der Waals surface area (Å²) < 4.78 is 0.954. The van der Waals surface area contributed by atoms with Crippen molar-refractivity contribution in [2.45, 2.75) is 6.92 Å². The molecule has 0 aliphatic carbocycles. The molecule has 116 valence electrons. The second kappa shape index (κ2) is 6.23. The lowest BCUT2D eigenvalue weighted by molar-refractivity contribution is -0.380. The minimum absolute atomic E-state index is 0.0285. The molecule has 0 aliphatic rings. The summed E-state index contributed by atoms with van der Waals surface area (Å²) in [6.45, 7) is 1.39. The van der Waals surface area contributed by atoms with Gasteiger partial charge in [-0.15, -0.1) is 0 Å². The molecule has 1 amide bonds. The normalized spacial score (nSPS) is 11.2. The van der Waals surface area contributed by atoms with E-state index in [-0.39, 0.29) is 10.9 Å². The number of hydrazone groups is 1. The van der Waals surface area contributed by atoms with E-state index < -0.39 is 4.92 Å². The fraction of sp³-hybridized carbons (Fsp3) is 0.0714. The van der Waals surface area contributed by atoms with Crippen LogP contribution < -0.4 is 5.01 Å². The van der Waals surface area contributed by atoms with Crippen molar-refractivity contribution in [1.29, 1.82) is 0 Å². The second-order valence-corrected chi connectivity index (χ2v) is 6.58. The predicted molar refractivity (Wildman–Crippen MR) is 91.3 cm³/mol. The summed E-state index contributed by atoms with van der Waals surface area (Å²) in [6, 6.07) is 10.5. The fourth-order valence-electron chi connectivity index (χ4n) is 1.84. The van der Waals surface area contributed by atoms with E-state index in [1.54, 1.807) is 6.07 Å². The number of hydrogen-bond donors (Lipinski definition) is 0. The van der Waals surface area contributed by atoms with Crippen molar-refractivity contribution in [3.8, 4) is 0 Å². The number of thiazole rings is 1. The van der Waals surface area contributed by atoms with E-state index in [1.807, 2.05) is 24.3 Å². The maximum absolute atomic E-state index is 11.8. The molecule has 0 saturated carbocycles. The van der Waals surface area contributed by atoms with Crippen molar-refractivity contribution >= 4 is 55.1 Å². The highest BCUT2D eigenvalue weighted by Gasteiger charge is 2.15. The minimum Gasteiger partial charge on any atom is -0.273 e. The summed E-state index contributed by atoms with van der Waals surface area (Å²) >= 11 is 2.35. The first-order valence-corrected chi connectivity index (χ1v) is 8.12. The molecule has 0 N–H and O–H groups in total. The van der Waals surface area contributed by atoms with E-state index in [2.05, 4.69) is 10.1 Å². The van der Waals surface area contributed by atoms with Gasteiger partial charge in [-0.3, -0.25) is 14.9 Å². The Bertz CT molecular complexity index is 883. The molecule has 0 aliphatic heterocycles. The molecule has 2 aromatic heterocycles. The number of amides is 1. The maximum atomic E-state index is 11.8. The summed E-state index contributed by atoms with van der Waals surface area (Å²) in [7, 11) is 0. The largest absolute Gasteiger partial charge is 0.324 e. The molecule has 0 spiro atoms. The van der Waals surface area contributed by atoms with E-state index in [0.29, 0.717) is 10.0 Å². The quantitative estimate of drug-likeness (QED) is 0.410. The third-order valence-electron chi connectivity index (χ3n) is 2.86. The van der Waals surface area contributed by atoms with Gasteiger partial charge in [0, 0.05) is 13.0 Å². The Morgan fingerprint density at radius 1 is 1.30 bits per heavy atom. The number of fused-ring (bicyclic) bond motifs is 1. The highest BCUT2D eigenvalue weighted by molar-refractivity contribution is 7.22. The Balaban J connectivity index is 1.90. The molecular formula is C14H10N4O3S2. The molecule has 1 aromatic carbocycles. The van der Waals surface area contributed by atoms with E-state index in [0.717, 1.165) is 21.6 Å². The molecule has 7 nitrogen and oxygen atoms in total. The third kappa shape index (κ3) is 3.25. The Kier molecular flexibility index (Phi) is 4.13. The van der Waals surface area contributed by atoms with Crippen LogP contribution in [0.5, 0.6) is 0 Å². The molecule has 23 heavy (non-hydrogen) atoms. The van der Waals surface area contributed by atoms with Crippen LogP contribution in [0.1, 0.15) is 11.8 Å². The van der Waals surface area contributed by atoms with E-state index in [1.165, 1.54) is 35.6 Å². The van der Waals surface area contributed by atoms with Crippen LogP contribution in [0, 0.1) is 10.1 Å². The number of anilines is 1. The predicted octanol–water partition coefficient (Wildman–Crippen LogP) is 3.65. The van der Waals surface area contributed by atoms with Gasteiger partial charge in [0.15, 0.2) is 0 Å². The highest BCUT2D eigenvalue weighted by atomic mass is 32.1. The first-order chi connectivity index (χ1) is 11.0. The number of carbonyl (C=O) groups is 1. The van der Waals surface area contributed by atoms with Crippen molar-refractivity contribution in [3.63, 3.8) is 0 Å². The van der Waals surface area contributed by atoms with Gasteiger partial charge in [0.05, 0.1) is 26.2 Å². The van der Waals surface area contributed by atoms with E-state index >= 15 is 0 Å². The second-order valence-electron chi connectivity index (χ2n) is 4.47. The molecule has 9 heteroatoms. The first-order valence-electron chi connectivity index (χ1n) is 6.49. The number of benzene rings is 1. The lowest BCUT2D eigenvalue weighted by atomic mass is 10.3. The summed E-state index contributed by atoms with van der Waals surface area (Å²) in [4.78, 5) is 27.0. The summed E-state index contributed by atoms with van der Waals surface area (Å²) in [5.74, 6) is -0.286. The van der Waals surface area contributed by atoms with Gasteiger partial charge < -0.3 is 0 Å². The smallest absolute Gasteiger partial charge is 0.273 e. The number of carbonyl (C=O) groups excluding carboxylic acids is 1. The lowest BCUT2D eigenvalue weighted by Crippen LogP contribution is -2.22. The fourth-order valence-corrected chi connectivity index (χ4v) is 3.50. The van der Waals surface area contributed by atoms with Crippen LogP contribution in [0.4, 0.5) is 10.1 Å². The van der Waals surface area contributed by atoms with Gasteiger partial charge in [0.1, 0.15) is 0 Å². The molecule has 0 unspecified atom stereocenters. The lowest BCUT2D eigenvalue weighted by Gasteiger charge is -2.09. The first kappa shape index (κ1) is 15.3. The van der Waals surface area contributed by atoms with Crippen LogP contribution >= 0.6 is 22.7 Å². The van der Waals surface area contributed by atoms with Gasteiger partial charge in [-0.1, -0.05) is 34.8 Å². The van der Waals surface area contributed by atoms with Gasteiger partial charge >= 0.3 is 5.00 Å². The van der Waals surface area contributed by atoms with Crippen LogP contribution in [0.25, 0.3) is 10.2 Å². The van der Waals surface area contributed by atoms with Crippen molar-refractivity contribution in [3.05, 3.63) is 51.4 Å². The number of thiophene rings is 1. The van der Waals surface area contributed by atoms with Crippen molar-refractivity contribution in [1.82, 2.24) is 4.98 Å². The summed E-state index contributed by atoms with van der Waals surface area (Å²) in [6.07, 6.45) is 1.42. The molecule has 0 bridgehead atoms. The van der Waals surface area contributed by atoms with Crippen LogP contribution in [0.3, 0.4) is 0 Å². The molecule has 0 fully saturated rings. The number of para-hydroxylation sites is 1. The summed E-state index contributed by atoms with van der Waals surface area (Å²) in [5.41, 5.74) is 0.792. The maximum Gasteiger partial charge on any atom is 0.324 e. The Hall–Kier alpha value is -2.65. The van der Waals surface area contributed by atoms with Crippen LogP contribution in [-0.4, -0.2) is 22.0 Å². The number of rotatable bonds is 4. The molecule has 0 saturated heterocycles. The Labute approximate surface area is 138 Å². The zero-order valence-electron chi connectivity index (χ0n) is 11.9. The molecular weight excluding hydrogens is 336 g/mol. The molecule has 3 aromatic rings. The zero-order chi connectivity index (χ0) is 16.4. The summed E-state index contributed by atoms with van der Waals surface area (Å²) in [5, 5.41) is 16.5. The number of hydrogen-bond acceptors (Lipinski definition) is 7. The number of nitrogens with zero attached hydrogens (tertiary/aromatic N) is 4. The third-order valence-corrected chi connectivity index (χ3v) is 4.84. The SMILES string of the molecule is CC(=O)N(/N=C\c1ccc([N+](=O)[O-])s1)c1nc2ccccc2s1. The molecule has 0 atom stereocenters. The Morgan fingerprint density at radius 2 is 2.09 bits per heavy atom. The van der Waals surface area contributed by atoms with Gasteiger partial charge in [0.2, 0.25) is 11.0 Å². The van der Waals surface area contributed by atoms with Gasteiger partial charge in [0.25, 0.3) is 0 Å². The zero-order valence-corrected chi connectivity index (χ0v) is 13.5. The van der Waals surface area contributed by atoms with Crippen LogP contribution in [0.15, 0.2) is 41.5 Å². The standard InChI is InChI=1S/C14H10N4O3S2/c1-9(19)17(14-16-11-4-2-3-5-12(11)23-14)15-8-10-6-7-13(22-10)18(20)21/h2-8H,1H3/b15-8-. The minimum atomic E-state index is -0.460. The van der Waals surface area contributed by atoms with Crippen LogP contribution in [-0.2, 0) is 4.79 Å². The molecule has 3 rings (SSSR count). The van der Waals surface area contributed by atoms with Gasteiger partial charge in [-0.05, 0) is 18.2 Å².